The number of urea groups is 1. The van der Waals surface area contributed by atoms with Crippen molar-refractivity contribution in [2.45, 2.75) is 40.3 Å². The van der Waals surface area contributed by atoms with Crippen molar-refractivity contribution in [3.05, 3.63) is 68.7 Å². The lowest BCUT2D eigenvalue weighted by Gasteiger charge is -2.31. The molecule has 1 aromatic heterocycles. The van der Waals surface area contributed by atoms with Crippen LogP contribution in [0, 0.1) is 5.92 Å². The van der Waals surface area contributed by atoms with Gasteiger partial charge in [0.25, 0.3) is 5.56 Å². The molecule has 164 valence electrons. The highest BCUT2D eigenvalue weighted by Crippen LogP contribution is 2.24. The molecule has 0 radical (unpaired) electrons. The number of benzene rings is 2. The second kappa shape index (κ2) is 9.71. The van der Waals surface area contributed by atoms with Crippen LogP contribution in [0.1, 0.15) is 39.6 Å². The second-order valence-corrected chi connectivity index (χ2v) is 8.71. The van der Waals surface area contributed by atoms with Gasteiger partial charge in [-0.05, 0) is 62.2 Å². The van der Waals surface area contributed by atoms with E-state index in [1.807, 2.05) is 27.7 Å². The van der Waals surface area contributed by atoms with Crippen LogP contribution < -0.4 is 10.9 Å². The van der Waals surface area contributed by atoms with E-state index < -0.39 is 6.04 Å². The normalized spacial score (nSPS) is 12.2. The van der Waals surface area contributed by atoms with E-state index in [2.05, 4.69) is 5.32 Å². The van der Waals surface area contributed by atoms with Crippen molar-refractivity contribution in [3.63, 3.8) is 0 Å². The first-order chi connectivity index (χ1) is 14.7. The number of anilines is 1. The summed E-state index contributed by atoms with van der Waals surface area (Å²) < 4.78 is 1.61. The molecule has 0 bridgehead atoms. The van der Waals surface area contributed by atoms with Gasteiger partial charge in [-0.25, -0.2) is 9.78 Å². The Morgan fingerprint density at radius 3 is 2.35 bits per heavy atom. The first-order valence-corrected chi connectivity index (χ1v) is 11.0. The molecule has 0 saturated carbocycles. The van der Waals surface area contributed by atoms with Crippen LogP contribution in [0.2, 0.25) is 10.0 Å². The zero-order chi connectivity index (χ0) is 22.7. The van der Waals surface area contributed by atoms with Crippen molar-refractivity contribution in [1.82, 2.24) is 14.5 Å². The quantitative estimate of drug-likeness (QED) is 0.492. The molecule has 0 aliphatic carbocycles. The third kappa shape index (κ3) is 5.20. The number of carbonyl (C=O) groups is 1. The van der Waals surface area contributed by atoms with E-state index in [-0.39, 0.29) is 17.5 Å². The molecule has 8 heteroatoms. The minimum atomic E-state index is -0.439. The minimum absolute atomic E-state index is 0.145. The molecule has 1 N–H and O–H groups in total. The maximum atomic E-state index is 13.2. The highest BCUT2D eigenvalue weighted by atomic mass is 35.5. The van der Waals surface area contributed by atoms with Gasteiger partial charge in [-0.3, -0.25) is 9.36 Å². The molecule has 0 fully saturated rings. The van der Waals surface area contributed by atoms with Gasteiger partial charge in [0, 0.05) is 28.8 Å². The number of rotatable bonds is 6. The lowest BCUT2D eigenvalue weighted by atomic mass is 10.1. The number of halogens is 2. The highest BCUT2D eigenvalue weighted by molar-refractivity contribution is 6.31. The van der Waals surface area contributed by atoms with E-state index in [9.17, 15) is 9.59 Å². The third-order valence-electron chi connectivity index (χ3n) is 5.02. The van der Waals surface area contributed by atoms with Crippen LogP contribution in [0.5, 0.6) is 0 Å². The Balaban J connectivity index is 2.03. The van der Waals surface area contributed by atoms with Crippen LogP contribution in [0.25, 0.3) is 10.9 Å². The van der Waals surface area contributed by atoms with Crippen LogP contribution in [-0.4, -0.2) is 27.0 Å². The molecule has 3 rings (SSSR count). The number of hydrogen-bond acceptors (Lipinski definition) is 3. The Kier molecular flexibility index (Phi) is 7.23. The summed E-state index contributed by atoms with van der Waals surface area (Å²) in [6.45, 7) is 8.79. The van der Waals surface area contributed by atoms with Gasteiger partial charge in [0.15, 0.2) is 0 Å². The van der Waals surface area contributed by atoms with Crippen molar-refractivity contribution in [3.8, 4) is 0 Å². The van der Waals surface area contributed by atoms with Gasteiger partial charge in [-0.15, -0.1) is 0 Å². The van der Waals surface area contributed by atoms with E-state index in [4.69, 9.17) is 28.2 Å². The summed E-state index contributed by atoms with van der Waals surface area (Å²) in [5, 5.41) is 4.52. The summed E-state index contributed by atoms with van der Waals surface area (Å²) in [4.78, 5) is 32.7. The summed E-state index contributed by atoms with van der Waals surface area (Å²) in [7, 11) is 0. The maximum Gasteiger partial charge on any atom is 0.322 e. The number of amides is 2. The van der Waals surface area contributed by atoms with E-state index >= 15 is 0 Å². The molecule has 31 heavy (non-hydrogen) atoms. The van der Waals surface area contributed by atoms with Gasteiger partial charge in [0.1, 0.15) is 5.82 Å². The Morgan fingerprint density at radius 1 is 1.10 bits per heavy atom. The van der Waals surface area contributed by atoms with Gasteiger partial charge >= 0.3 is 6.03 Å². The number of aromatic nitrogens is 2. The fraction of sp³-hybridized carbons (Fsp3) is 0.348. The number of nitrogens with one attached hydrogen (secondary N) is 1. The lowest BCUT2D eigenvalue weighted by molar-refractivity contribution is 0.178. The summed E-state index contributed by atoms with van der Waals surface area (Å²) in [5.74, 6) is 0.740. The van der Waals surface area contributed by atoms with Crippen molar-refractivity contribution < 1.29 is 4.79 Å². The van der Waals surface area contributed by atoms with Crippen molar-refractivity contribution in [2.75, 3.05) is 11.9 Å². The number of hydrogen-bond donors (Lipinski definition) is 1. The number of nitrogens with zero attached hydrogens (tertiary/aromatic N) is 3. The first kappa shape index (κ1) is 23.1. The molecule has 1 atom stereocenters. The molecule has 0 aliphatic rings. The second-order valence-electron chi connectivity index (χ2n) is 7.84. The van der Waals surface area contributed by atoms with Crippen LogP contribution in [-0.2, 0) is 6.54 Å². The average Bonchev–Trinajstić information content (AvgIpc) is 2.72. The van der Waals surface area contributed by atoms with E-state index in [1.165, 1.54) is 0 Å². The zero-order valence-corrected chi connectivity index (χ0v) is 19.5. The fourth-order valence-corrected chi connectivity index (χ4v) is 3.81. The Morgan fingerprint density at radius 2 is 1.74 bits per heavy atom. The highest BCUT2D eigenvalue weighted by Gasteiger charge is 2.27. The standard InChI is InChI=1S/C23H26Cl2N4O2/c1-5-28-21(27-20-12-17(25)8-11-19(20)22(28)30)15(4)29(13-14(2)3)23(31)26-18-9-6-16(24)7-10-18/h6-12,14-15H,5,13H2,1-4H3,(H,26,31). The van der Waals surface area contributed by atoms with Crippen LogP contribution in [0.15, 0.2) is 47.3 Å². The van der Waals surface area contributed by atoms with Crippen molar-refractivity contribution in [1.29, 1.82) is 0 Å². The maximum absolute atomic E-state index is 13.2. The average molecular weight is 461 g/mol. The molecule has 0 spiro atoms. The Labute approximate surface area is 191 Å². The molecule has 1 heterocycles. The first-order valence-electron chi connectivity index (χ1n) is 10.2. The molecule has 1 unspecified atom stereocenters. The molecule has 6 nitrogen and oxygen atoms in total. The fourth-order valence-electron chi connectivity index (χ4n) is 3.51. The van der Waals surface area contributed by atoms with E-state index in [0.717, 1.165) is 0 Å². The predicted molar refractivity (Wildman–Crippen MR) is 127 cm³/mol. The van der Waals surface area contributed by atoms with Crippen LogP contribution in [0.4, 0.5) is 10.5 Å². The lowest BCUT2D eigenvalue weighted by Crippen LogP contribution is -2.42. The SMILES string of the molecule is CCn1c(C(C)N(CC(C)C)C(=O)Nc2ccc(Cl)cc2)nc2cc(Cl)ccc2c1=O. The topological polar surface area (TPSA) is 67.2 Å². The van der Waals surface area contributed by atoms with Crippen LogP contribution >= 0.6 is 23.2 Å². The largest absolute Gasteiger partial charge is 0.322 e. The van der Waals surface area contributed by atoms with Gasteiger partial charge in [-0.2, -0.15) is 0 Å². The predicted octanol–water partition coefficient (Wildman–Crippen LogP) is 5.97. The number of fused-ring (bicyclic) bond motifs is 1. The molecule has 2 amide bonds. The molecule has 0 saturated heterocycles. The van der Waals surface area contributed by atoms with E-state index in [0.29, 0.717) is 45.5 Å². The molecule has 3 aromatic rings. The third-order valence-corrected chi connectivity index (χ3v) is 5.51. The van der Waals surface area contributed by atoms with Gasteiger partial charge < -0.3 is 10.2 Å². The van der Waals surface area contributed by atoms with Gasteiger partial charge in [-0.1, -0.05) is 37.0 Å². The van der Waals surface area contributed by atoms with Crippen molar-refractivity contribution in [2.24, 2.45) is 5.92 Å². The summed E-state index contributed by atoms with van der Waals surface area (Å²) in [5.41, 5.74) is 1.02. The minimum Gasteiger partial charge on any atom is -0.314 e. The summed E-state index contributed by atoms with van der Waals surface area (Å²) in [6.07, 6.45) is 0. The van der Waals surface area contributed by atoms with E-state index in [1.54, 1.807) is 51.9 Å². The van der Waals surface area contributed by atoms with Gasteiger partial charge in [0.2, 0.25) is 0 Å². The van der Waals surface area contributed by atoms with Gasteiger partial charge in [0.05, 0.1) is 16.9 Å². The molecule has 2 aromatic carbocycles. The molecule has 0 aliphatic heterocycles. The summed E-state index contributed by atoms with van der Waals surface area (Å²) in [6, 6.07) is 11.3. The van der Waals surface area contributed by atoms with Crippen molar-refractivity contribution >= 4 is 45.8 Å². The number of carbonyl (C=O) groups excluding carboxylic acids is 1. The zero-order valence-electron chi connectivity index (χ0n) is 18.0. The smallest absolute Gasteiger partial charge is 0.314 e. The molecular formula is C23H26Cl2N4O2. The monoisotopic (exact) mass is 460 g/mol. The van der Waals surface area contributed by atoms with Crippen LogP contribution in [0.3, 0.4) is 0 Å². The molecular weight excluding hydrogens is 435 g/mol. The summed E-state index contributed by atoms with van der Waals surface area (Å²) >= 11 is 12.1. The Bertz CT molecular complexity index is 1140. The Hall–Kier alpha value is -2.57.